The fourth-order valence-corrected chi connectivity index (χ4v) is 1.82. The summed E-state index contributed by atoms with van der Waals surface area (Å²) in [6, 6.07) is 5.44. The average molecular weight is 274 g/mol. The van der Waals surface area contributed by atoms with Crippen LogP contribution in [0.25, 0.3) is 10.9 Å². The van der Waals surface area contributed by atoms with Gasteiger partial charge in [0, 0.05) is 24.4 Å². The van der Waals surface area contributed by atoms with Gasteiger partial charge in [-0.25, -0.2) is 0 Å². The van der Waals surface area contributed by atoms with Gasteiger partial charge in [-0.2, -0.15) is 5.10 Å². The number of hydrogen-bond acceptors (Lipinski definition) is 3. The molecule has 2 amide bonds. The first-order chi connectivity index (χ1) is 9.59. The molecule has 1 aromatic heterocycles. The van der Waals surface area contributed by atoms with Gasteiger partial charge in [0.15, 0.2) is 0 Å². The van der Waals surface area contributed by atoms with Crippen LogP contribution in [0.1, 0.15) is 24.2 Å². The normalized spacial score (nSPS) is 10.8. The molecule has 2 rings (SSSR count). The Hall–Kier alpha value is -2.37. The van der Waals surface area contributed by atoms with E-state index in [4.69, 9.17) is 0 Å². The summed E-state index contributed by atoms with van der Waals surface area (Å²) in [5.41, 5.74) is 1.27. The summed E-state index contributed by atoms with van der Waals surface area (Å²) in [4.78, 5) is 23.4. The van der Waals surface area contributed by atoms with Crippen LogP contribution in [0.3, 0.4) is 0 Å². The third-order valence-corrected chi connectivity index (χ3v) is 2.96. The van der Waals surface area contributed by atoms with Gasteiger partial charge in [0.05, 0.1) is 17.3 Å². The zero-order chi connectivity index (χ0) is 14.5. The van der Waals surface area contributed by atoms with E-state index in [0.29, 0.717) is 18.7 Å². The molecule has 0 spiro atoms. The lowest BCUT2D eigenvalue weighted by molar-refractivity contribution is -0.123. The van der Waals surface area contributed by atoms with E-state index in [1.165, 1.54) is 0 Å². The monoisotopic (exact) mass is 274 g/mol. The molecule has 0 bridgehead atoms. The number of carbonyl (C=O) groups is 2. The third kappa shape index (κ3) is 3.14. The SMILES string of the molecule is CC(C)C(=O)NCCNC(=O)c1cccc2cn[nH]c12. The van der Waals surface area contributed by atoms with E-state index in [1.54, 1.807) is 12.3 Å². The number of amides is 2. The second kappa shape index (κ2) is 6.18. The van der Waals surface area contributed by atoms with Crippen LogP contribution in [0, 0.1) is 5.92 Å². The molecular formula is C14H18N4O2. The van der Waals surface area contributed by atoms with Gasteiger partial charge in [-0.05, 0) is 6.07 Å². The summed E-state index contributed by atoms with van der Waals surface area (Å²) < 4.78 is 0. The van der Waals surface area contributed by atoms with Crippen molar-refractivity contribution in [2.45, 2.75) is 13.8 Å². The molecular weight excluding hydrogens is 256 g/mol. The maximum atomic E-state index is 12.1. The maximum absolute atomic E-state index is 12.1. The van der Waals surface area contributed by atoms with E-state index >= 15 is 0 Å². The van der Waals surface area contributed by atoms with Crippen molar-refractivity contribution >= 4 is 22.7 Å². The highest BCUT2D eigenvalue weighted by atomic mass is 16.2. The number of rotatable bonds is 5. The fraction of sp³-hybridized carbons (Fsp3) is 0.357. The smallest absolute Gasteiger partial charge is 0.253 e. The first kappa shape index (κ1) is 14.0. The van der Waals surface area contributed by atoms with E-state index in [1.807, 2.05) is 26.0 Å². The summed E-state index contributed by atoms with van der Waals surface area (Å²) in [6.07, 6.45) is 1.68. The van der Waals surface area contributed by atoms with Crippen LogP contribution in [0.5, 0.6) is 0 Å². The molecule has 0 aliphatic heterocycles. The summed E-state index contributed by atoms with van der Waals surface area (Å²) in [7, 11) is 0. The van der Waals surface area contributed by atoms with E-state index in [0.717, 1.165) is 10.9 Å². The minimum Gasteiger partial charge on any atom is -0.354 e. The largest absolute Gasteiger partial charge is 0.354 e. The fourth-order valence-electron chi connectivity index (χ4n) is 1.82. The van der Waals surface area contributed by atoms with Crippen LogP contribution in [0.2, 0.25) is 0 Å². The van der Waals surface area contributed by atoms with Gasteiger partial charge in [-0.3, -0.25) is 14.7 Å². The van der Waals surface area contributed by atoms with Crippen molar-refractivity contribution in [3.63, 3.8) is 0 Å². The van der Waals surface area contributed by atoms with Gasteiger partial charge in [0.1, 0.15) is 0 Å². The van der Waals surface area contributed by atoms with Gasteiger partial charge < -0.3 is 10.6 Å². The van der Waals surface area contributed by atoms with E-state index in [-0.39, 0.29) is 17.7 Å². The number of benzene rings is 1. The molecule has 0 radical (unpaired) electrons. The molecule has 20 heavy (non-hydrogen) atoms. The van der Waals surface area contributed by atoms with Gasteiger partial charge in [-0.15, -0.1) is 0 Å². The van der Waals surface area contributed by atoms with Crippen LogP contribution >= 0.6 is 0 Å². The lowest BCUT2D eigenvalue weighted by Crippen LogP contribution is -2.36. The highest BCUT2D eigenvalue weighted by Crippen LogP contribution is 2.15. The number of para-hydroxylation sites is 1. The number of carbonyl (C=O) groups excluding carboxylic acids is 2. The predicted molar refractivity (Wildman–Crippen MR) is 76.3 cm³/mol. The molecule has 0 aliphatic rings. The van der Waals surface area contributed by atoms with Crippen molar-refractivity contribution < 1.29 is 9.59 Å². The highest BCUT2D eigenvalue weighted by molar-refractivity contribution is 6.05. The van der Waals surface area contributed by atoms with Crippen molar-refractivity contribution in [1.82, 2.24) is 20.8 Å². The molecule has 106 valence electrons. The summed E-state index contributed by atoms with van der Waals surface area (Å²) >= 11 is 0. The molecule has 0 saturated heterocycles. The van der Waals surface area contributed by atoms with Crippen molar-refractivity contribution in [3.8, 4) is 0 Å². The minimum absolute atomic E-state index is 0.0186. The molecule has 6 heteroatoms. The third-order valence-electron chi connectivity index (χ3n) is 2.96. The zero-order valence-electron chi connectivity index (χ0n) is 11.6. The quantitative estimate of drug-likeness (QED) is 0.713. The van der Waals surface area contributed by atoms with E-state index in [9.17, 15) is 9.59 Å². The Morgan fingerprint density at radius 1 is 1.25 bits per heavy atom. The Morgan fingerprint density at radius 3 is 2.75 bits per heavy atom. The number of aromatic nitrogens is 2. The molecule has 6 nitrogen and oxygen atoms in total. The number of fused-ring (bicyclic) bond motifs is 1. The second-order valence-corrected chi connectivity index (χ2v) is 4.84. The number of hydrogen-bond donors (Lipinski definition) is 3. The molecule has 3 N–H and O–H groups in total. The Morgan fingerprint density at radius 2 is 2.00 bits per heavy atom. The van der Waals surface area contributed by atoms with Crippen molar-refractivity contribution in [2.24, 2.45) is 5.92 Å². The van der Waals surface area contributed by atoms with Crippen LogP contribution in [-0.2, 0) is 4.79 Å². The first-order valence-corrected chi connectivity index (χ1v) is 6.57. The Balaban J connectivity index is 1.89. The molecule has 1 heterocycles. The van der Waals surface area contributed by atoms with Gasteiger partial charge in [0.2, 0.25) is 5.91 Å². The number of aromatic amines is 1. The van der Waals surface area contributed by atoms with Crippen molar-refractivity contribution in [1.29, 1.82) is 0 Å². The lowest BCUT2D eigenvalue weighted by Gasteiger charge is -2.09. The minimum atomic E-state index is -0.182. The lowest BCUT2D eigenvalue weighted by atomic mass is 10.1. The first-order valence-electron chi connectivity index (χ1n) is 6.57. The summed E-state index contributed by atoms with van der Waals surface area (Å²) in [6.45, 7) is 4.46. The Bertz CT molecular complexity index is 618. The van der Waals surface area contributed by atoms with E-state index < -0.39 is 0 Å². The molecule has 0 fully saturated rings. The van der Waals surface area contributed by atoms with Crippen molar-refractivity contribution in [2.75, 3.05) is 13.1 Å². The van der Waals surface area contributed by atoms with Gasteiger partial charge in [-0.1, -0.05) is 26.0 Å². The molecule has 0 aliphatic carbocycles. The summed E-state index contributed by atoms with van der Waals surface area (Å²) in [5, 5.41) is 13.1. The van der Waals surface area contributed by atoms with Gasteiger partial charge >= 0.3 is 0 Å². The molecule has 0 atom stereocenters. The molecule has 0 saturated carbocycles. The molecule has 2 aromatic rings. The van der Waals surface area contributed by atoms with Crippen LogP contribution in [0.4, 0.5) is 0 Å². The summed E-state index contributed by atoms with van der Waals surface area (Å²) in [5.74, 6) is -0.252. The highest BCUT2D eigenvalue weighted by Gasteiger charge is 2.11. The number of nitrogens with one attached hydrogen (secondary N) is 3. The standard InChI is InChI=1S/C14H18N4O2/c1-9(2)13(19)15-6-7-16-14(20)11-5-3-4-10-8-17-18-12(10)11/h3-5,8-9H,6-7H2,1-2H3,(H,15,19)(H,16,20)(H,17,18). The second-order valence-electron chi connectivity index (χ2n) is 4.84. The zero-order valence-corrected chi connectivity index (χ0v) is 11.6. The van der Waals surface area contributed by atoms with Crippen molar-refractivity contribution in [3.05, 3.63) is 30.0 Å². The maximum Gasteiger partial charge on any atom is 0.253 e. The molecule has 1 aromatic carbocycles. The van der Waals surface area contributed by atoms with Crippen LogP contribution < -0.4 is 10.6 Å². The Kier molecular flexibility index (Phi) is 4.34. The van der Waals surface area contributed by atoms with Gasteiger partial charge in [0.25, 0.3) is 5.91 Å². The topological polar surface area (TPSA) is 86.9 Å². The predicted octanol–water partition coefficient (Wildman–Crippen LogP) is 1.06. The number of H-pyrrole nitrogens is 1. The molecule has 0 unspecified atom stereocenters. The van der Waals surface area contributed by atoms with Crippen LogP contribution in [-0.4, -0.2) is 35.1 Å². The Labute approximate surface area is 116 Å². The number of nitrogens with zero attached hydrogens (tertiary/aromatic N) is 1. The van der Waals surface area contributed by atoms with Crippen LogP contribution in [0.15, 0.2) is 24.4 Å². The van der Waals surface area contributed by atoms with E-state index in [2.05, 4.69) is 20.8 Å². The average Bonchev–Trinajstić information content (AvgIpc) is 2.90.